The van der Waals surface area contributed by atoms with Crippen LogP contribution in [0.3, 0.4) is 0 Å². The third-order valence-corrected chi connectivity index (χ3v) is 5.12. The number of imidazole rings is 1. The van der Waals surface area contributed by atoms with Crippen molar-refractivity contribution < 1.29 is 0 Å². The zero-order valence-electron chi connectivity index (χ0n) is 14.5. The van der Waals surface area contributed by atoms with E-state index in [1.54, 1.807) is 30.3 Å². The Bertz CT molecular complexity index is 1060. The summed E-state index contributed by atoms with van der Waals surface area (Å²) in [6.45, 7) is 2.20. The lowest BCUT2D eigenvalue weighted by Gasteiger charge is -2.06. The van der Waals surface area contributed by atoms with Crippen LogP contribution in [0.15, 0.2) is 56.2 Å². The fourth-order valence-electron chi connectivity index (χ4n) is 2.62. The van der Waals surface area contributed by atoms with Crippen LogP contribution >= 0.6 is 23.4 Å². The highest BCUT2D eigenvalue weighted by Crippen LogP contribution is 2.23. The molecule has 26 heavy (non-hydrogen) atoms. The molecule has 136 valence electrons. The van der Waals surface area contributed by atoms with Crippen LogP contribution in [0.5, 0.6) is 0 Å². The molecule has 0 radical (unpaired) electrons. The van der Waals surface area contributed by atoms with Gasteiger partial charge in [0.05, 0.1) is 0 Å². The maximum Gasteiger partial charge on any atom is 0.329 e. The predicted molar refractivity (Wildman–Crippen MR) is 106 cm³/mol. The lowest BCUT2D eigenvalue weighted by atomic mass is 10.2. The normalized spacial score (nSPS) is 12.0. The largest absolute Gasteiger partial charge is 0.329 e. The Morgan fingerprint density at radius 1 is 1.31 bits per heavy atom. The van der Waals surface area contributed by atoms with E-state index in [4.69, 9.17) is 11.6 Å². The molecule has 0 aliphatic heterocycles. The highest BCUT2D eigenvalue weighted by Gasteiger charge is 2.17. The number of benzene rings is 1. The second-order valence-corrected chi connectivity index (χ2v) is 7.53. The van der Waals surface area contributed by atoms with Gasteiger partial charge in [-0.1, -0.05) is 59.8 Å². The predicted octanol–water partition coefficient (Wildman–Crippen LogP) is 2.90. The fraction of sp³-hybridized carbons (Fsp3) is 0.278. The molecule has 8 heteroatoms. The molecular formula is C18H19ClN4O2S. The summed E-state index contributed by atoms with van der Waals surface area (Å²) >= 11 is 7.51. The van der Waals surface area contributed by atoms with Crippen LogP contribution in [-0.2, 0) is 20.0 Å². The summed E-state index contributed by atoms with van der Waals surface area (Å²) in [6.07, 6.45) is 2.70. The minimum absolute atomic E-state index is 0.376. The van der Waals surface area contributed by atoms with Crippen molar-refractivity contribution in [3.05, 3.63) is 67.8 Å². The fourth-order valence-corrected chi connectivity index (χ4v) is 3.68. The number of H-pyrrole nitrogens is 1. The molecule has 0 bridgehead atoms. The first-order valence-electron chi connectivity index (χ1n) is 8.16. The SMILES string of the molecule is C/C(Cl)=C\Cn1c(SCCc2ccccc2)nc2c1c(=O)[nH]c(=O)n2C. The monoisotopic (exact) mass is 390 g/mol. The quantitative estimate of drug-likeness (QED) is 0.657. The summed E-state index contributed by atoms with van der Waals surface area (Å²) in [6, 6.07) is 10.2. The van der Waals surface area contributed by atoms with E-state index < -0.39 is 11.2 Å². The maximum absolute atomic E-state index is 12.3. The van der Waals surface area contributed by atoms with Gasteiger partial charge in [0.15, 0.2) is 16.3 Å². The van der Waals surface area contributed by atoms with Crippen LogP contribution in [0.25, 0.3) is 11.2 Å². The summed E-state index contributed by atoms with van der Waals surface area (Å²) < 4.78 is 3.15. The van der Waals surface area contributed by atoms with Gasteiger partial charge >= 0.3 is 5.69 Å². The van der Waals surface area contributed by atoms with Gasteiger partial charge in [-0.2, -0.15) is 0 Å². The third kappa shape index (κ3) is 3.94. The van der Waals surface area contributed by atoms with Gasteiger partial charge in [-0.05, 0) is 18.9 Å². The van der Waals surface area contributed by atoms with Gasteiger partial charge in [-0.15, -0.1) is 0 Å². The van der Waals surface area contributed by atoms with Crippen LogP contribution in [0.2, 0.25) is 0 Å². The van der Waals surface area contributed by atoms with Gasteiger partial charge < -0.3 is 4.57 Å². The Morgan fingerprint density at radius 3 is 2.73 bits per heavy atom. The van der Waals surface area contributed by atoms with E-state index in [9.17, 15) is 9.59 Å². The molecule has 0 amide bonds. The molecule has 6 nitrogen and oxygen atoms in total. The number of aryl methyl sites for hydroxylation is 2. The lowest BCUT2D eigenvalue weighted by Crippen LogP contribution is -2.29. The summed E-state index contributed by atoms with van der Waals surface area (Å²) in [4.78, 5) is 31.1. The summed E-state index contributed by atoms with van der Waals surface area (Å²) in [5, 5.41) is 1.32. The van der Waals surface area contributed by atoms with Gasteiger partial charge in [0.2, 0.25) is 0 Å². The topological polar surface area (TPSA) is 72.7 Å². The van der Waals surface area contributed by atoms with Crippen molar-refractivity contribution in [2.24, 2.45) is 7.05 Å². The molecule has 3 rings (SSSR count). The average Bonchev–Trinajstić information content (AvgIpc) is 2.98. The Hall–Kier alpha value is -2.25. The number of rotatable bonds is 6. The standard InChI is InChI=1S/C18H19ClN4O2S/c1-12(19)8-10-23-14-15(22(2)17(25)21-16(14)24)20-18(23)26-11-9-13-6-4-3-5-7-13/h3-8H,9-11H2,1-2H3,(H,21,24,25)/b12-8+. The second-order valence-electron chi connectivity index (χ2n) is 5.87. The number of nitrogens with zero attached hydrogens (tertiary/aromatic N) is 3. The minimum atomic E-state index is -0.475. The molecule has 0 aliphatic rings. The summed E-state index contributed by atoms with van der Waals surface area (Å²) in [5.41, 5.74) is 1.08. The van der Waals surface area contributed by atoms with Crippen molar-refractivity contribution in [3.63, 3.8) is 0 Å². The molecule has 1 aromatic carbocycles. The van der Waals surface area contributed by atoms with E-state index in [2.05, 4.69) is 22.1 Å². The van der Waals surface area contributed by atoms with Crippen molar-refractivity contribution >= 4 is 34.5 Å². The first kappa shape index (κ1) is 18.5. The van der Waals surface area contributed by atoms with Crippen molar-refractivity contribution in [2.45, 2.75) is 25.0 Å². The first-order valence-corrected chi connectivity index (χ1v) is 9.52. The van der Waals surface area contributed by atoms with E-state index in [-0.39, 0.29) is 0 Å². The molecule has 0 spiro atoms. The molecule has 3 aromatic rings. The van der Waals surface area contributed by atoms with Gasteiger partial charge in [0, 0.05) is 24.4 Å². The van der Waals surface area contributed by atoms with Crippen LogP contribution in [0, 0.1) is 0 Å². The van der Waals surface area contributed by atoms with Crippen molar-refractivity contribution in [3.8, 4) is 0 Å². The molecule has 0 saturated carbocycles. The number of halogens is 1. The molecule has 0 atom stereocenters. The van der Waals surface area contributed by atoms with Crippen LogP contribution in [-0.4, -0.2) is 24.9 Å². The molecule has 0 unspecified atom stereocenters. The van der Waals surface area contributed by atoms with E-state index in [0.717, 1.165) is 12.2 Å². The minimum Gasteiger partial charge on any atom is -0.309 e. The zero-order valence-corrected chi connectivity index (χ0v) is 16.1. The maximum atomic E-state index is 12.3. The second kappa shape index (κ2) is 7.97. The molecular weight excluding hydrogens is 372 g/mol. The number of aromatic amines is 1. The first-order chi connectivity index (χ1) is 12.5. The van der Waals surface area contributed by atoms with Crippen molar-refractivity contribution in [1.82, 2.24) is 19.1 Å². The Labute approximate surface area is 159 Å². The molecule has 0 aliphatic carbocycles. The number of allylic oxidation sites excluding steroid dienone is 2. The Balaban J connectivity index is 1.97. The van der Waals surface area contributed by atoms with Gasteiger partial charge in [0.25, 0.3) is 5.56 Å². The van der Waals surface area contributed by atoms with Crippen molar-refractivity contribution in [2.75, 3.05) is 5.75 Å². The number of nitrogens with one attached hydrogen (secondary N) is 1. The smallest absolute Gasteiger partial charge is 0.309 e. The third-order valence-electron chi connectivity index (χ3n) is 3.99. The Morgan fingerprint density at radius 2 is 2.04 bits per heavy atom. The summed E-state index contributed by atoms with van der Waals surface area (Å²) in [7, 11) is 1.60. The lowest BCUT2D eigenvalue weighted by molar-refractivity contribution is 0.742. The van der Waals surface area contributed by atoms with E-state index in [1.807, 2.05) is 24.3 Å². The number of thioether (sulfide) groups is 1. The van der Waals surface area contributed by atoms with E-state index >= 15 is 0 Å². The number of aromatic nitrogens is 4. The molecule has 1 N–H and O–H groups in total. The number of hydrogen-bond acceptors (Lipinski definition) is 4. The average molecular weight is 391 g/mol. The molecule has 2 aromatic heterocycles. The van der Waals surface area contributed by atoms with Crippen LogP contribution in [0.1, 0.15) is 12.5 Å². The molecule has 2 heterocycles. The zero-order chi connectivity index (χ0) is 18.7. The van der Waals surface area contributed by atoms with Crippen LogP contribution in [0.4, 0.5) is 0 Å². The Kier molecular flexibility index (Phi) is 5.68. The van der Waals surface area contributed by atoms with Crippen molar-refractivity contribution in [1.29, 1.82) is 0 Å². The number of hydrogen-bond donors (Lipinski definition) is 1. The molecule has 0 fully saturated rings. The van der Waals surface area contributed by atoms with Gasteiger partial charge in [-0.25, -0.2) is 9.78 Å². The highest BCUT2D eigenvalue weighted by atomic mass is 35.5. The number of fused-ring (bicyclic) bond motifs is 1. The summed E-state index contributed by atoms with van der Waals surface area (Å²) in [5.74, 6) is 0.808. The van der Waals surface area contributed by atoms with Gasteiger partial charge in [0.1, 0.15) is 0 Å². The molecule has 0 saturated heterocycles. The highest BCUT2D eigenvalue weighted by molar-refractivity contribution is 7.99. The van der Waals surface area contributed by atoms with Crippen LogP contribution < -0.4 is 11.2 Å². The van der Waals surface area contributed by atoms with E-state index in [0.29, 0.717) is 27.9 Å². The van der Waals surface area contributed by atoms with E-state index in [1.165, 1.54) is 10.1 Å². The van der Waals surface area contributed by atoms with Gasteiger partial charge in [-0.3, -0.25) is 14.3 Å².